The number of ether oxygens (including phenoxy) is 2. The standard InChI is InChI=1S/C22H24N2O9/c25-17-12-13-18(26)24(17)33-22(30)32-19(20(27)28)14-8-10-15(11-9-14)23-21(29)31-16-6-4-2-1-3-5-7-16/h4,6,8-11,16,19H,1-3,5,7,12-13H2,(H,23,29)(H,27,28). The molecule has 0 radical (unpaired) electrons. The second-order valence-electron chi connectivity index (χ2n) is 7.52. The fraction of sp³-hybridized carbons (Fsp3) is 0.409. The minimum Gasteiger partial charge on any atom is -0.478 e. The van der Waals surface area contributed by atoms with Crippen LogP contribution in [0.4, 0.5) is 15.3 Å². The van der Waals surface area contributed by atoms with Crippen LogP contribution >= 0.6 is 0 Å². The first kappa shape index (κ1) is 23.8. The van der Waals surface area contributed by atoms with Gasteiger partial charge >= 0.3 is 18.2 Å². The monoisotopic (exact) mass is 460 g/mol. The number of amides is 3. The molecule has 3 rings (SSSR count). The first-order valence-corrected chi connectivity index (χ1v) is 10.5. The van der Waals surface area contributed by atoms with Crippen LogP contribution in [-0.4, -0.2) is 46.3 Å². The lowest BCUT2D eigenvalue weighted by molar-refractivity contribution is -0.180. The van der Waals surface area contributed by atoms with E-state index in [0.717, 1.165) is 32.1 Å². The van der Waals surface area contributed by atoms with Crippen LogP contribution in [0, 0.1) is 0 Å². The Labute approximate surface area is 189 Å². The number of carboxylic acids is 1. The van der Waals surface area contributed by atoms with E-state index in [4.69, 9.17) is 9.47 Å². The zero-order valence-electron chi connectivity index (χ0n) is 17.7. The molecule has 1 aliphatic carbocycles. The summed E-state index contributed by atoms with van der Waals surface area (Å²) in [5.74, 6) is -2.94. The van der Waals surface area contributed by atoms with E-state index in [0.29, 0.717) is 5.69 Å². The number of imide groups is 1. The van der Waals surface area contributed by atoms with E-state index in [1.807, 2.05) is 12.2 Å². The molecule has 33 heavy (non-hydrogen) atoms. The van der Waals surface area contributed by atoms with Crippen LogP contribution in [-0.2, 0) is 28.7 Å². The van der Waals surface area contributed by atoms with Crippen molar-refractivity contribution in [3.8, 4) is 0 Å². The van der Waals surface area contributed by atoms with Crippen LogP contribution in [0.1, 0.15) is 56.6 Å². The number of nitrogens with one attached hydrogen (secondary N) is 1. The van der Waals surface area contributed by atoms with Gasteiger partial charge in [0.2, 0.25) is 6.10 Å². The van der Waals surface area contributed by atoms with Gasteiger partial charge in [0.05, 0.1) is 0 Å². The number of carbonyl (C=O) groups is 5. The van der Waals surface area contributed by atoms with Crippen LogP contribution in [0.5, 0.6) is 0 Å². The summed E-state index contributed by atoms with van der Waals surface area (Å²) in [7, 11) is 0. The highest BCUT2D eigenvalue weighted by Crippen LogP contribution is 2.22. The number of benzene rings is 1. The predicted octanol–water partition coefficient (Wildman–Crippen LogP) is 3.47. The molecule has 1 saturated heterocycles. The third-order valence-electron chi connectivity index (χ3n) is 5.04. The zero-order valence-corrected chi connectivity index (χ0v) is 17.7. The molecule has 176 valence electrons. The highest BCUT2D eigenvalue weighted by Gasteiger charge is 2.35. The van der Waals surface area contributed by atoms with E-state index in [-0.39, 0.29) is 29.6 Å². The lowest BCUT2D eigenvalue weighted by atomic mass is 10.0. The van der Waals surface area contributed by atoms with Crippen molar-refractivity contribution in [3.63, 3.8) is 0 Å². The van der Waals surface area contributed by atoms with Gasteiger partial charge in [0.15, 0.2) is 0 Å². The predicted molar refractivity (Wildman–Crippen MR) is 112 cm³/mol. The summed E-state index contributed by atoms with van der Waals surface area (Å²) < 4.78 is 10.2. The molecule has 1 aromatic rings. The quantitative estimate of drug-likeness (QED) is 0.370. The van der Waals surface area contributed by atoms with Crippen LogP contribution in [0.2, 0.25) is 0 Å². The third-order valence-corrected chi connectivity index (χ3v) is 5.04. The average molecular weight is 460 g/mol. The summed E-state index contributed by atoms with van der Waals surface area (Å²) in [5, 5.41) is 12.2. The highest BCUT2D eigenvalue weighted by atomic mass is 16.8. The van der Waals surface area contributed by atoms with Crippen molar-refractivity contribution in [2.24, 2.45) is 0 Å². The second kappa shape index (κ2) is 11.1. The van der Waals surface area contributed by atoms with Crippen LogP contribution in [0.3, 0.4) is 0 Å². The number of hydrogen-bond donors (Lipinski definition) is 2. The third kappa shape index (κ3) is 6.79. The minimum absolute atomic E-state index is 0.0698. The van der Waals surface area contributed by atoms with E-state index in [1.54, 1.807) is 0 Å². The summed E-state index contributed by atoms with van der Waals surface area (Å²) in [6, 6.07) is 5.51. The van der Waals surface area contributed by atoms with E-state index in [2.05, 4.69) is 10.2 Å². The van der Waals surface area contributed by atoms with Crippen molar-refractivity contribution >= 4 is 35.7 Å². The number of carboxylic acid groups (broad SMARTS) is 1. The maximum absolute atomic E-state index is 12.2. The van der Waals surface area contributed by atoms with Gasteiger partial charge in [-0.15, -0.1) is 0 Å². The summed E-state index contributed by atoms with van der Waals surface area (Å²) in [6.45, 7) is 0. The Balaban J connectivity index is 1.56. The lowest BCUT2D eigenvalue weighted by Gasteiger charge is -2.18. The second-order valence-corrected chi connectivity index (χ2v) is 7.52. The summed E-state index contributed by atoms with van der Waals surface area (Å²) in [6.07, 6.45) is 4.29. The van der Waals surface area contributed by atoms with Crippen molar-refractivity contribution in [1.82, 2.24) is 5.06 Å². The van der Waals surface area contributed by atoms with Crippen molar-refractivity contribution in [2.75, 3.05) is 5.32 Å². The van der Waals surface area contributed by atoms with Gasteiger partial charge in [-0.2, -0.15) is 0 Å². The van der Waals surface area contributed by atoms with Gasteiger partial charge in [0.1, 0.15) is 6.10 Å². The first-order chi connectivity index (χ1) is 15.8. The maximum atomic E-state index is 12.2. The average Bonchev–Trinajstić information content (AvgIpc) is 3.06. The molecule has 1 fully saturated rings. The van der Waals surface area contributed by atoms with Gasteiger partial charge in [-0.1, -0.05) is 29.7 Å². The topological polar surface area (TPSA) is 149 Å². The summed E-state index contributed by atoms with van der Waals surface area (Å²) >= 11 is 0. The molecular weight excluding hydrogens is 436 g/mol. The number of aliphatic carboxylic acids is 1. The van der Waals surface area contributed by atoms with Gasteiger partial charge in [-0.25, -0.2) is 14.4 Å². The number of nitrogens with zero attached hydrogens (tertiary/aromatic N) is 1. The zero-order chi connectivity index (χ0) is 23.8. The number of carbonyl (C=O) groups excluding carboxylic acids is 4. The Morgan fingerprint density at radius 1 is 1.03 bits per heavy atom. The van der Waals surface area contributed by atoms with Gasteiger partial charge < -0.3 is 14.6 Å². The molecular formula is C22H24N2O9. The molecule has 2 unspecified atom stereocenters. The number of allylic oxidation sites excluding steroid dienone is 1. The molecule has 11 heteroatoms. The molecule has 2 aliphatic rings. The summed E-state index contributed by atoms with van der Waals surface area (Å²) in [5.41, 5.74) is 0.416. The minimum atomic E-state index is -1.76. The molecule has 0 bridgehead atoms. The Morgan fingerprint density at radius 2 is 1.73 bits per heavy atom. The number of hydroxylamine groups is 2. The molecule has 11 nitrogen and oxygen atoms in total. The number of rotatable bonds is 6. The van der Waals surface area contributed by atoms with Gasteiger partial charge in [0, 0.05) is 24.1 Å². The fourth-order valence-electron chi connectivity index (χ4n) is 3.36. The molecule has 1 aliphatic heterocycles. The molecule has 0 aromatic heterocycles. The Hall–Kier alpha value is -3.89. The van der Waals surface area contributed by atoms with Crippen LogP contribution in [0.15, 0.2) is 36.4 Å². The highest BCUT2D eigenvalue weighted by molar-refractivity contribution is 6.01. The largest absolute Gasteiger partial charge is 0.535 e. The Kier molecular flexibility index (Phi) is 8.01. The maximum Gasteiger partial charge on any atom is 0.535 e. The number of hydrogen-bond acceptors (Lipinski definition) is 8. The lowest BCUT2D eigenvalue weighted by Crippen LogP contribution is -2.33. The Bertz CT molecular complexity index is 926. The summed E-state index contributed by atoms with van der Waals surface area (Å²) in [4.78, 5) is 63.2. The molecule has 0 spiro atoms. The van der Waals surface area contributed by atoms with E-state index < -0.39 is 36.1 Å². The van der Waals surface area contributed by atoms with E-state index >= 15 is 0 Å². The Morgan fingerprint density at radius 3 is 2.39 bits per heavy atom. The van der Waals surface area contributed by atoms with Crippen LogP contribution in [0.25, 0.3) is 0 Å². The normalized spacial score (nSPS) is 19.3. The molecule has 2 atom stereocenters. The molecule has 1 heterocycles. The SMILES string of the molecule is O=C(Nc1ccc(C(OC(=O)ON2C(=O)CCC2=O)C(=O)O)cc1)OC1C=CCCCCC1. The molecule has 3 amide bonds. The van der Waals surface area contributed by atoms with Crippen LogP contribution < -0.4 is 5.32 Å². The molecule has 0 saturated carbocycles. The van der Waals surface area contributed by atoms with Gasteiger partial charge in [0.25, 0.3) is 11.8 Å². The smallest absolute Gasteiger partial charge is 0.478 e. The number of anilines is 1. The van der Waals surface area contributed by atoms with Crippen molar-refractivity contribution in [3.05, 3.63) is 42.0 Å². The molecule has 2 N–H and O–H groups in total. The van der Waals surface area contributed by atoms with E-state index in [1.165, 1.54) is 24.3 Å². The molecule has 1 aromatic carbocycles. The van der Waals surface area contributed by atoms with Crippen molar-refractivity contribution in [1.29, 1.82) is 0 Å². The van der Waals surface area contributed by atoms with Gasteiger partial charge in [-0.05, 0) is 43.9 Å². The van der Waals surface area contributed by atoms with Crippen molar-refractivity contribution in [2.45, 2.75) is 57.2 Å². The first-order valence-electron chi connectivity index (χ1n) is 10.5. The van der Waals surface area contributed by atoms with E-state index in [9.17, 15) is 29.1 Å². The van der Waals surface area contributed by atoms with Gasteiger partial charge in [-0.3, -0.25) is 19.7 Å². The fourth-order valence-corrected chi connectivity index (χ4v) is 3.36. The van der Waals surface area contributed by atoms with Crippen molar-refractivity contribution < 1.29 is 43.4 Å².